The van der Waals surface area contributed by atoms with Crippen molar-refractivity contribution in [3.63, 3.8) is 0 Å². The standard InChI is InChI=1S/C8H3F3O5.Na.H/c9-3-1(7(13)14)2(8(15)16)4(10)6(12)5(3)11;;/h12H,(H,13,14)(H,15,16);;. The van der Waals surface area contributed by atoms with Gasteiger partial charge in [0.05, 0.1) is 0 Å². The summed E-state index contributed by atoms with van der Waals surface area (Å²) in [7, 11) is 0. The first kappa shape index (κ1) is 15.8. The van der Waals surface area contributed by atoms with E-state index in [0.717, 1.165) is 0 Å². The van der Waals surface area contributed by atoms with E-state index in [1.807, 2.05) is 0 Å². The second-order valence-corrected chi connectivity index (χ2v) is 2.65. The van der Waals surface area contributed by atoms with Crippen LogP contribution >= 0.6 is 0 Å². The number of halogens is 3. The Morgan fingerprint density at radius 2 is 1.18 bits per heavy atom. The summed E-state index contributed by atoms with van der Waals surface area (Å²) in [6.45, 7) is 0. The quantitative estimate of drug-likeness (QED) is 0.533. The summed E-state index contributed by atoms with van der Waals surface area (Å²) in [5, 5.41) is 25.5. The van der Waals surface area contributed by atoms with Crippen molar-refractivity contribution in [3.05, 3.63) is 28.6 Å². The summed E-state index contributed by atoms with van der Waals surface area (Å²) in [6.07, 6.45) is 0. The summed E-state index contributed by atoms with van der Waals surface area (Å²) in [6, 6.07) is 0. The molecular formula is C8H4F3NaO5. The average molecular weight is 260 g/mol. The molecule has 3 N–H and O–H groups in total. The molecule has 0 aliphatic heterocycles. The third-order valence-electron chi connectivity index (χ3n) is 1.73. The van der Waals surface area contributed by atoms with Crippen LogP contribution in [-0.4, -0.2) is 56.8 Å². The molecule has 0 saturated carbocycles. The maximum atomic E-state index is 13.0. The van der Waals surface area contributed by atoms with Crippen LogP contribution in [0.1, 0.15) is 20.7 Å². The van der Waals surface area contributed by atoms with Gasteiger partial charge < -0.3 is 15.3 Å². The molecule has 0 atom stereocenters. The Morgan fingerprint density at radius 3 is 1.53 bits per heavy atom. The molecule has 88 valence electrons. The van der Waals surface area contributed by atoms with Crippen molar-refractivity contribution in [1.29, 1.82) is 0 Å². The van der Waals surface area contributed by atoms with Gasteiger partial charge in [-0.3, -0.25) is 0 Å². The molecular weight excluding hydrogens is 256 g/mol. The first-order valence-corrected chi connectivity index (χ1v) is 3.65. The Kier molecular flexibility index (Phi) is 4.99. The Balaban J connectivity index is 0.00000256. The van der Waals surface area contributed by atoms with E-state index in [-0.39, 0.29) is 29.6 Å². The summed E-state index contributed by atoms with van der Waals surface area (Å²) < 4.78 is 38.7. The molecule has 0 amide bonds. The van der Waals surface area contributed by atoms with Crippen LogP contribution in [0.4, 0.5) is 13.2 Å². The normalized spacial score (nSPS) is 9.59. The van der Waals surface area contributed by atoms with E-state index in [0.29, 0.717) is 0 Å². The molecule has 1 rings (SSSR count). The third-order valence-corrected chi connectivity index (χ3v) is 1.73. The van der Waals surface area contributed by atoms with Crippen LogP contribution in [0.15, 0.2) is 0 Å². The predicted molar refractivity (Wildman–Crippen MR) is 49.0 cm³/mol. The van der Waals surface area contributed by atoms with Crippen molar-refractivity contribution in [2.24, 2.45) is 0 Å². The molecule has 0 heterocycles. The molecule has 1 aromatic carbocycles. The monoisotopic (exact) mass is 260 g/mol. The third kappa shape index (κ3) is 2.54. The van der Waals surface area contributed by atoms with Gasteiger partial charge in [-0.05, 0) is 0 Å². The second-order valence-electron chi connectivity index (χ2n) is 2.65. The molecule has 0 saturated heterocycles. The zero-order valence-corrected chi connectivity index (χ0v) is 7.29. The fourth-order valence-electron chi connectivity index (χ4n) is 1.05. The zero-order chi connectivity index (χ0) is 12.6. The van der Waals surface area contributed by atoms with Gasteiger partial charge in [-0.2, -0.15) is 4.39 Å². The van der Waals surface area contributed by atoms with Gasteiger partial charge in [0, 0.05) is 0 Å². The van der Waals surface area contributed by atoms with E-state index in [9.17, 15) is 22.8 Å². The van der Waals surface area contributed by atoms with Crippen molar-refractivity contribution in [2.45, 2.75) is 0 Å². The number of rotatable bonds is 2. The average Bonchev–Trinajstić information content (AvgIpc) is 2.18. The predicted octanol–water partition coefficient (Wildman–Crippen LogP) is 0.557. The van der Waals surface area contributed by atoms with Crippen LogP contribution in [0, 0.1) is 17.5 Å². The zero-order valence-electron chi connectivity index (χ0n) is 7.29. The van der Waals surface area contributed by atoms with Crippen LogP contribution in [0.25, 0.3) is 0 Å². The summed E-state index contributed by atoms with van der Waals surface area (Å²) in [4.78, 5) is 20.9. The summed E-state index contributed by atoms with van der Waals surface area (Å²) in [5.74, 6) is -12.5. The van der Waals surface area contributed by atoms with Gasteiger partial charge in [0.2, 0.25) is 5.82 Å². The number of aromatic hydroxyl groups is 1. The summed E-state index contributed by atoms with van der Waals surface area (Å²) in [5.41, 5.74) is -3.32. The Hall–Kier alpha value is -1.25. The Bertz CT molecular complexity index is 458. The van der Waals surface area contributed by atoms with Crippen molar-refractivity contribution in [1.82, 2.24) is 0 Å². The van der Waals surface area contributed by atoms with Gasteiger partial charge >= 0.3 is 41.5 Å². The number of aromatic carboxylic acids is 2. The van der Waals surface area contributed by atoms with Gasteiger partial charge in [-0.15, -0.1) is 0 Å². The maximum absolute atomic E-state index is 13.0. The molecule has 17 heavy (non-hydrogen) atoms. The number of carboxylic acid groups (broad SMARTS) is 2. The van der Waals surface area contributed by atoms with E-state index in [4.69, 9.17) is 15.3 Å². The molecule has 0 aliphatic carbocycles. The van der Waals surface area contributed by atoms with Crippen LogP contribution in [0.3, 0.4) is 0 Å². The number of phenols is 1. The van der Waals surface area contributed by atoms with Gasteiger partial charge in [0.1, 0.15) is 11.1 Å². The SMILES string of the molecule is O=C(O)c1c(F)c(O)c(F)c(F)c1C(=O)O.[NaH]. The minimum absolute atomic E-state index is 0. The van der Waals surface area contributed by atoms with Crippen LogP contribution in [-0.2, 0) is 0 Å². The topological polar surface area (TPSA) is 94.8 Å². The van der Waals surface area contributed by atoms with E-state index < -0.39 is 46.3 Å². The van der Waals surface area contributed by atoms with Crippen molar-refractivity contribution >= 4 is 41.5 Å². The molecule has 0 unspecified atom stereocenters. The van der Waals surface area contributed by atoms with E-state index in [1.54, 1.807) is 0 Å². The van der Waals surface area contributed by atoms with Gasteiger partial charge in [-0.1, -0.05) is 0 Å². The first-order valence-electron chi connectivity index (χ1n) is 3.65. The van der Waals surface area contributed by atoms with Gasteiger partial charge in [-0.25, -0.2) is 18.4 Å². The number of benzene rings is 1. The summed E-state index contributed by atoms with van der Waals surface area (Å²) >= 11 is 0. The van der Waals surface area contributed by atoms with Crippen LogP contribution < -0.4 is 0 Å². The molecule has 0 spiro atoms. The Labute approximate surface area is 114 Å². The molecule has 0 aliphatic rings. The molecule has 1 aromatic rings. The number of carbonyl (C=O) groups is 2. The fourth-order valence-corrected chi connectivity index (χ4v) is 1.05. The molecule has 0 radical (unpaired) electrons. The Morgan fingerprint density at radius 1 is 0.824 bits per heavy atom. The number of hydrogen-bond donors (Lipinski definition) is 3. The minimum atomic E-state index is -2.16. The van der Waals surface area contributed by atoms with E-state index in [1.165, 1.54) is 0 Å². The van der Waals surface area contributed by atoms with Crippen molar-refractivity contribution in [2.75, 3.05) is 0 Å². The van der Waals surface area contributed by atoms with E-state index in [2.05, 4.69) is 0 Å². The second kappa shape index (κ2) is 5.39. The van der Waals surface area contributed by atoms with Gasteiger partial charge in [0.25, 0.3) is 0 Å². The molecule has 0 fully saturated rings. The van der Waals surface area contributed by atoms with Crippen molar-refractivity contribution < 1.29 is 38.1 Å². The fraction of sp³-hybridized carbons (Fsp3) is 0. The molecule has 0 aromatic heterocycles. The van der Waals surface area contributed by atoms with Crippen LogP contribution in [0.5, 0.6) is 5.75 Å². The molecule has 0 bridgehead atoms. The molecule has 5 nitrogen and oxygen atoms in total. The van der Waals surface area contributed by atoms with Crippen LogP contribution in [0.2, 0.25) is 0 Å². The number of phenolic OH excluding ortho intramolecular Hbond substituents is 1. The number of hydrogen-bond acceptors (Lipinski definition) is 3. The first-order chi connectivity index (χ1) is 7.29. The van der Waals surface area contributed by atoms with Gasteiger partial charge in [0.15, 0.2) is 17.4 Å². The van der Waals surface area contributed by atoms with E-state index >= 15 is 0 Å². The number of carboxylic acids is 2. The van der Waals surface area contributed by atoms with Crippen molar-refractivity contribution in [3.8, 4) is 5.75 Å². The molecule has 9 heteroatoms.